The standard InChI is InChI=1S/C14H14N2O/c1-14(2,9-15)10-17-12-7-3-5-11-6-4-8-16-13(11)12/h3-8H,10H2,1-2H3. The van der Waals surface area contributed by atoms with Gasteiger partial charge in [0.25, 0.3) is 0 Å². The molecule has 0 saturated heterocycles. The fourth-order valence-electron chi connectivity index (χ4n) is 1.48. The third kappa shape index (κ3) is 2.54. The van der Waals surface area contributed by atoms with Crippen LogP contribution in [0.3, 0.4) is 0 Å². The highest BCUT2D eigenvalue weighted by Crippen LogP contribution is 2.25. The molecule has 0 spiro atoms. The summed E-state index contributed by atoms with van der Waals surface area (Å²) in [5.74, 6) is 0.728. The topological polar surface area (TPSA) is 45.9 Å². The normalized spacial score (nSPS) is 11.1. The van der Waals surface area contributed by atoms with Crippen LogP contribution in [-0.2, 0) is 0 Å². The smallest absolute Gasteiger partial charge is 0.145 e. The van der Waals surface area contributed by atoms with Crippen LogP contribution in [0.1, 0.15) is 13.8 Å². The van der Waals surface area contributed by atoms with Gasteiger partial charge in [-0.2, -0.15) is 5.26 Å². The average molecular weight is 226 g/mol. The van der Waals surface area contributed by atoms with Crippen LogP contribution >= 0.6 is 0 Å². The molecule has 2 aromatic rings. The number of nitrogens with zero attached hydrogens (tertiary/aromatic N) is 2. The number of rotatable bonds is 3. The van der Waals surface area contributed by atoms with Crippen molar-refractivity contribution in [1.82, 2.24) is 4.98 Å². The predicted octanol–water partition coefficient (Wildman–Crippen LogP) is 3.16. The first kappa shape index (κ1) is 11.4. The molecule has 17 heavy (non-hydrogen) atoms. The van der Waals surface area contributed by atoms with Crippen LogP contribution in [0.5, 0.6) is 5.75 Å². The molecule has 1 aromatic heterocycles. The summed E-state index contributed by atoms with van der Waals surface area (Å²) < 4.78 is 5.69. The van der Waals surface area contributed by atoms with Crippen LogP contribution in [0.25, 0.3) is 10.9 Å². The molecule has 0 unspecified atom stereocenters. The van der Waals surface area contributed by atoms with Crippen molar-refractivity contribution in [3.05, 3.63) is 36.5 Å². The van der Waals surface area contributed by atoms with Crippen molar-refractivity contribution in [2.75, 3.05) is 6.61 Å². The fraction of sp³-hybridized carbons (Fsp3) is 0.286. The van der Waals surface area contributed by atoms with E-state index in [1.165, 1.54) is 0 Å². The minimum Gasteiger partial charge on any atom is -0.490 e. The molecular weight excluding hydrogens is 212 g/mol. The number of hydrogen-bond acceptors (Lipinski definition) is 3. The van der Waals surface area contributed by atoms with Gasteiger partial charge in [0.1, 0.15) is 17.9 Å². The van der Waals surface area contributed by atoms with E-state index in [1.54, 1.807) is 6.20 Å². The Kier molecular flexibility index (Phi) is 2.97. The first-order valence-electron chi connectivity index (χ1n) is 5.50. The summed E-state index contributed by atoms with van der Waals surface area (Å²) in [5.41, 5.74) is 0.348. The average Bonchev–Trinajstić information content (AvgIpc) is 2.36. The highest BCUT2D eigenvalue weighted by atomic mass is 16.5. The van der Waals surface area contributed by atoms with Gasteiger partial charge >= 0.3 is 0 Å². The third-order valence-electron chi connectivity index (χ3n) is 2.49. The highest BCUT2D eigenvalue weighted by Gasteiger charge is 2.18. The van der Waals surface area contributed by atoms with Crippen molar-refractivity contribution in [2.45, 2.75) is 13.8 Å². The van der Waals surface area contributed by atoms with E-state index in [0.29, 0.717) is 6.61 Å². The van der Waals surface area contributed by atoms with Gasteiger partial charge in [0.05, 0.1) is 11.5 Å². The molecule has 0 aliphatic heterocycles. The molecule has 1 aromatic carbocycles. The molecule has 0 radical (unpaired) electrons. The van der Waals surface area contributed by atoms with Gasteiger partial charge in [0, 0.05) is 11.6 Å². The maximum absolute atomic E-state index is 8.94. The molecule has 3 heteroatoms. The van der Waals surface area contributed by atoms with Crippen molar-refractivity contribution >= 4 is 10.9 Å². The van der Waals surface area contributed by atoms with E-state index in [9.17, 15) is 0 Å². The second-order valence-electron chi connectivity index (χ2n) is 4.62. The van der Waals surface area contributed by atoms with Crippen molar-refractivity contribution in [1.29, 1.82) is 5.26 Å². The Morgan fingerprint density at radius 3 is 2.82 bits per heavy atom. The van der Waals surface area contributed by atoms with E-state index in [2.05, 4.69) is 11.1 Å². The number of ether oxygens (including phenoxy) is 1. The summed E-state index contributed by atoms with van der Waals surface area (Å²) in [6, 6.07) is 11.9. The number of benzene rings is 1. The largest absolute Gasteiger partial charge is 0.490 e. The molecule has 1 heterocycles. The summed E-state index contributed by atoms with van der Waals surface area (Å²) >= 11 is 0. The number of hydrogen-bond donors (Lipinski definition) is 0. The summed E-state index contributed by atoms with van der Waals surface area (Å²) in [6.45, 7) is 4.07. The Bertz CT molecular complexity index is 564. The Morgan fingerprint density at radius 1 is 1.29 bits per heavy atom. The predicted molar refractivity (Wildman–Crippen MR) is 66.6 cm³/mol. The lowest BCUT2D eigenvalue weighted by Gasteiger charge is -2.16. The zero-order valence-corrected chi connectivity index (χ0v) is 9.97. The molecule has 0 N–H and O–H groups in total. The minimum atomic E-state index is -0.489. The fourth-order valence-corrected chi connectivity index (χ4v) is 1.48. The van der Waals surface area contributed by atoms with Crippen LogP contribution in [0.2, 0.25) is 0 Å². The number of nitriles is 1. The monoisotopic (exact) mass is 226 g/mol. The maximum Gasteiger partial charge on any atom is 0.145 e. The van der Waals surface area contributed by atoms with Crippen LogP contribution in [0.4, 0.5) is 0 Å². The Morgan fingerprint density at radius 2 is 2.06 bits per heavy atom. The molecule has 86 valence electrons. The molecular formula is C14H14N2O. The quantitative estimate of drug-likeness (QED) is 0.807. The zero-order valence-electron chi connectivity index (χ0n) is 9.97. The zero-order chi connectivity index (χ0) is 12.3. The molecule has 3 nitrogen and oxygen atoms in total. The highest BCUT2D eigenvalue weighted by molar-refractivity contribution is 5.84. The van der Waals surface area contributed by atoms with Crippen molar-refractivity contribution in [2.24, 2.45) is 5.41 Å². The van der Waals surface area contributed by atoms with E-state index in [0.717, 1.165) is 16.7 Å². The Hall–Kier alpha value is -2.08. The van der Waals surface area contributed by atoms with E-state index < -0.39 is 5.41 Å². The summed E-state index contributed by atoms with van der Waals surface area (Å²) in [4.78, 5) is 4.30. The van der Waals surface area contributed by atoms with E-state index in [4.69, 9.17) is 10.00 Å². The second kappa shape index (κ2) is 4.42. The molecule has 0 aliphatic rings. The molecule has 2 rings (SSSR count). The summed E-state index contributed by atoms with van der Waals surface area (Å²) in [5, 5.41) is 9.98. The van der Waals surface area contributed by atoms with E-state index in [-0.39, 0.29) is 0 Å². The number of para-hydroxylation sites is 1. The first-order valence-corrected chi connectivity index (χ1v) is 5.50. The lowest BCUT2D eigenvalue weighted by molar-refractivity contribution is 0.229. The van der Waals surface area contributed by atoms with Crippen molar-refractivity contribution in [3.63, 3.8) is 0 Å². The third-order valence-corrected chi connectivity index (χ3v) is 2.49. The van der Waals surface area contributed by atoms with Gasteiger partial charge in [-0.3, -0.25) is 4.98 Å². The van der Waals surface area contributed by atoms with Gasteiger partial charge in [-0.25, -0.2) is 0 Å². The molecule has 0 fully saturated rings. The van der Waals surface area contributed by atoms with Crippen molar-refractivity contribution < 1.29 is 4.74 Å². The van der Waals surface area contributed by atoms with Gasteiger partial charge in [-0.1, -0.05) is 18.2 Å². The lowest BCUT2D eigenvalue weighted by Crippen LogP contribution is -2.19. The summed E-state index contributed by atoms with van der Waals surface area (Å²) in [6.07, 6.45) is 1.74. The molecule has 0 saturated carbocycles. The first-order chi connectivity index (χ1) is 8.12. The molecule has 0 atom stereocenters. The number of aromatic nitrogens is 1. The Labute approximate surface area is 101 Å². The maximum atomic E-state index is 8.94. The van der Waals surface area contributed by atoms with Crippen LogP contribution in [-0.4, -0.2) is 11.6 Å². The molecule has 0 aliphatic carbocycles. The molecule has 0 amide bonds. The summed E-state index contributed by atoms with van der Waals surface area (Å²) in [7, 11) is 0. The van der Waals surface area contributed by atoms with Crippen molar-refractivity contribution in [3.8, 4) is 11.8 Å². The Balaban J connectivity index is 2.28. The molecule has 0 bridgehead atoms. The van der Waals surface area contributed by atoms with Gasteiger partial charge < -0.3 is 4.74 Å². The lowest BCUT2D eigenvalue weighted by atomic mass is 9.98. The van der Waals surface area contributed by atoms with Gasteiger partial charge in [0.15, 0.2) is 0 Å². The second-order valence-corrected chi connectivity index (χ2v) is 4.62. The number of fused-ring (bicyclic) bond motifs is 1. The number of pyridine rings is 1. The van der Waals surface area contributed by atoms with Gasteiger partial charge in [-0.15, -0.1) is 0 Å². The van der Waals surface area contributed by atoms with Crippen LogP contribution in [0, 0.1) is 16.7 Å². The van der Waals surface area contributed by atoms with Gasteiger partial charge in [-0.05, 0) is 26.0 Å². The van der Waals surface area contributed by atoms with Gasteiger partial charge in [0.2, 0.25) is 0 Å². The van der Waals surface area contributed by atoms with E-state index >= 15 is 0 Å². The van der Waals surface area contributed by atoms with Crippen LogP contribution < -0.4 is 4.74 Å². The van der Waals surface area contributed by atoms with Crippen LogP contribution in [0.15, 0.2) is 36.5 Å². The van der Waals surface area contributed by atoms with E-state index in [1.807, 2.05) is 44.2 Å². The minimum absolute atomic E-state index is 0.360. The SMILES string of the molecule is CC(C)(C#N)COc1cccc2cccnc12.